The number of nitrogens with zero attached hydrogens (tertiary/aromatic N) is 4. The van der Waals surface area contributed by atoms with Gasteiger partial charge in [0.1, 0.15) is 0 Å². The first-order chi connectivity index (χ1) is 9.74. The average Bonchev–Trinajstić information content (AvgIpc) is 2.81. The maximum Gasteiger partial charge on any atom is 0.334 e. The molecule has 2 saturated heterocycles. The Morgan fingerprint density at radius 1 is 0.950 bits per heavy atom. The number of hydrazine groups is 1. The van der Waals surface area contributed by atoms with E-state index in [2.05, 4.69) is 40.2 Å². The Morgan fingerprint density at radius 3 is 2.25 bits per heavy atom. The lowest BCUT2D eigenvalue weighted by molar-refractivity contribution is -0.0139. The monoisotopic (exact) mass is 274 g/mol. The molecule has 0 atom stereocenters. The number of hydrogen-bond acceptors (Lipinski definition) is 3. The molecule has 0 N–H and O–H groups in total. The highest BCUT2D eigenvalue weighted by Crippen LogP contribution is 2.14. The molecule has 2 amide bonds. The average molecular weight is 274 g/mol. The lowest BCUT2D eigenvalue weighted by Crippen LogP contribution is -2.54. The molecule has 2 fully saturated rings. The second kappa shape index (κ2) is 5.81. The van der Waals surface area contributed by atoms with E-state index in [-0.39, 0.29) is 6.03 Å². The Balaban J connectivity index is 1.51. The summed E-state index contributed by atoms with van der Waals surface area (Å²) in [6.45, 7) is 6.57. The molecule has 2 heterocycles. The van der Waals surface area contributed by atoms with Crippen LogP contribution in [-0.2, 0) is 6.54 Å². The number of likely N-dealkylation sites (N-methyl/N-ethyl adjacent to an activating group) is 1. The maximum absolute atomic E-state index is 12.0. The van der Waals surface area contributed by atoms with Crippen molar-refractivity contribution in [3.05, 3.63) is 35.9 Å². The summed E-state index contributed by atoms with van der Waals surface area (Å²) >= 11 is 0. The summed E-state index contributed by atoms with van der Waals surface area (Å²) in [5, 5.41) is 4.10. The van der Waals surface area contributed by atoms with Crippen molar-refractivity contribution >= 4 is 6.03 Å². The van der Waals surface area contributed by atoms with Gasteiger partial charge in [-0.1, -0.05) is 30.3 Å². The summed E-state index contributed by atoms with van der Waals surface area (Å²) in [5.41, 5.74) is 1.36. The third-order valence-electron chi connectivity index (χ3n) is 4.13. The SMILES string of the molecule is CN1CCN(N2CCN(Cc3ccccc3)CC2)C1=O. The Hall–Kier alpha value is -1.59. The third kappa shape index (κ3) is 2.78. The largest absolute Gasteiger partial charge is 0.334 e. The van der Waals surface area contributed by atoms with Gasteiger partial charge in [-0.2, -0.15) is 0 Å². The van der Waals surface area contributed by atoms with Crippen LogP contribution in [0.1, 0.15) is 5.56 Å². The van der Waals surface area contributed by atoms with E-state index in [0.29, 0.717) is 0 Å². The van der Waals surface area contributed by atoms with E-state index in [9.17, 15) is 4.79 Å². The van der Waals surface area contributed by atoms with Gasteiger partial charge in [0, 0.05) is 46.3 Å². The quantitative estimate of drug-likeness (QED) is 0.826. The van der Waals surface area contributed by atoms with Crippen molar-refractivity contribution in [2.45, 2.75) is 6.54 Å². The molecule has 20 heavy (non-hydrogen) atoms. The molecule has 0 bridgehead atoms. The van der Waals surface area contributed by atoms with Crippen LogP contribution in [0.5, 0.6) is 0 Å². The van der Waals surface area contributed by atoms with Crippen molar-refractivity contribution in [2.75, 3.05) is 46.3 Å². The molecule has 1 aromatic carbocycles. The molecule has 2 aliphatic rings. The standard InChI is InChI=1S/C15H22N4O/c1-16-7-12-19(15(16)20)18-10-8-17(9-11-18)13-14-5-3-2-4-6-14/h2-6H,7-13H2,1H3. The van der Waals surface area contributed by atoms with Crippen LogP contribution >= 0.6 is 0 Å². The molecule has 0 unspecified atom stereocenters. The van der Waals surface area contributed by atoms with Gasteiger partial charge < -0.3 is 4.90 Å². The van der Waals surface area contributed by atoms with Gasteiger partial charge in [-0.25, -0.2) is 9.80 Å². The van der Waals surface area contributed by atoms with Crippen LogP contribution in [0, 0.1) is 0 Å². The van der Waals surface area contributed by atoms with E-state index in [1.54, 1.807) is 4.90 Å². The van der Waals surface area contributed by atoms with Gasteiger partial charge in [0.15, 0.2) is 0 Å². The first-order valence-electron chi connectivity index (χ1n) is 7.28. The number of hydrogen-bond donors (Lipinski definition) is 0. The van der Waals surface area contributed by atoms with Gasteiger partial charge in [0.25, 0.3) is 0 Å². The predicted octanol–water partition coefficient (Wildman–Crippen LogP) is 1.09. The lowest BCUT2D eigenvalue weighted by atomic mass is 10.2. The zero-order valence-electron chi connectivity index (χ0n) is 12.0. The fourth-order valence-corrected chi connectivity index (χ4v) is 2.87. The third-order valence-corrected chi connectivity index (χ3v) is 4.13. The molecule has 0 saturated carbocycles. The number of carbonyl (C=O) groups is 1. The Morgan fingerprint density at radius 2 is 1.65 bits per heavy atom. The van der Waals surface area contributed by atoms with Crippen molar-refractivity contribution in [3.63, 3.8) is 0 Å². The summed E-state index contributed by atoms with van der Waals surface area (Å²) in [7, 11) is 1.87. The van der Waals surface area contributed by atoms with Crippen molar-refractivity contribution in [2.24, 2.45) is 0 Å². The molecule has 0 spiro atoms. The summed E-state index contributed by atoms with van der Waals surface area (Å²) in [6, 6.07) is 10.7. The van der Waals surface area contributed by atoms with E-state index < -0.39 is 0 Å². The molecular weight excluding hydrogens is 252 g/mol. The first kappa shape index (κ1) is 13.4. The van der Waals surface area contributed by atoms with E-state index in [4.69, 9.17) is 0 Å². The summed E-state index contributed by atoms with van der Waals surface area (Å²) in [5.74, 6) is 0. The Labute approximate surface area is 120 Å². The zero-order valence-corrected chi connectivity index (χ0v) is 12.0. The fourth-order valence-electron chi connectivity index (χ4n) is 2.87. The number of benzene rings is 1. The molecular formula is C15H22N4O. The predicted molar refractivity (Wildman–Crippen MR) is 78.0 cm³/mol. The lowest BCUT2D eigenvalue weighted by Gasteiger charge is -2.39. The molecule has 0 radical (unpaired) electrons. The number of carbonyl (C=O) groups excluding carboxylic acids is 1. The highest BCUT2D eigenvalue weighted by atomic mass is 16.2. The van der Waals surface area contributed by atoms with Gasteiger partial charge in [-0.15, -0.1) is 0 Å². The van der Waals surface area contributed by atoms with E-state index in [0.717, 1.165) is 45.8 Å². The molecule has 0 aliphatic carbocycles. The van der Waals surface area contributed by atoms with Gasteiger partial charge in [-0.3, -0.25) is 9.91 Å². The van der Waals surface area contributed by atoms with Crippen LogP contribution in [0.15, 0.2) is 30.3 Å². The minimum absolute atomic E-state index is 0.140. The molecule has 1 aromatic rings. The van der Waals surface area contributed by atoms with E-state index >= 15 is 0 Å². The molecule has 2 aliphatic heterocycles. The number of amides is 2. The highest BCUT2D eigenvalue weighted by molar-refractivity contribution is 5.75. The second-order valence-corrected chi connectivity index (χ2v) is 5.54. The first-order valence-corrected chi connectivity index (χ1v) is 7.28. The van der Waals surface area contributed by atoms with E-state index in [1.807, 2.05) is 12.1 Å². The topological polar surface area (TPSA) is 30.0 Å². The minimum Gasteiger partial charge on any atom is -0.325 e. The molecule has 3 rings (SSSR count). The van der Waals surface area contributed by atoms with Crippen molar-refractivity contribution < 1.29 is 4.79 Å². The zero-order chi connectivity index (χ0) is 13.9. The number of urea groups is 1. The molecule has 5 nitrogen and oxygen atoms in total. The van der Waals surface area contributed by atoms with Gasteiger partial charge >= 0.3 is 6.03 Å². The fraction of sp³-hybridized carbons (Fsp3) is 0.533. The molecule has 108 valence electrons. The number of piperazine rings is 1. The summed E-state index contributed by atoms with van der Waals surface area (Å²) in [4.78, 5) is 16.2. The number of rotatable bonds is 3. The van der Waals surface area contributed by atoms with E-state index in [1.165, 1.54) is 5.56 Å². The van der Waals surface area contributed by atoms with Crippen LogP contribution < -0.4 is 0 Å². The summed E-state index contributed by atoms with van der Waals surface area (Å²) in [6.07, 6.45) is 0. The van der Waals surface area contributed by atoms with Crippen molar-refractivity contribution in [3.8, 4) is 0 Å². The Kier molecular flexibility index (Phi) is 3.89. The van der Waals surface area contributed by atoms with Crippen LogP contribution in [-0.4, -0.2) is 72.2 Å². The van der Waals surface area contributed by atoms with Gasteiger partial charge in [0.05, 0.1) is 6.54 Å². The van der Waals surface area contributed by atoms with Crippen LogP contribution in [0.2, 0.25) is 0 Å². The minimum atomic E-state index is 0.140. The normalized spacial score (nSPS) is 21.8. The van der Waals surface area contributed by atoms with Crippen molar-refractivity contribution in [1.29, 1.82) is 0 Å². The van der Waals surface area contributed by atoms with Gasteiger partial charge in [0.2, 0.25) is 0 Å². The highest BCUT2D eigenvalue weighted by Gasteiger charge is 2.32. The maximum atomic E-state index is 12.0. The van der Waals surface area contributed by atoms with Crippen molar-refractivity contribution in [1.82, 2.24) is 19.8 Å². The molecule has 5 heteroatoms. The molecule has 0 aromatic heterocycles. The smallest absolute Gasteiger partial charge is 0.325 e. The summed E-state index contributed by atoms with van der Waals surface area (Å²) < 4.78 is 0. The Bertz CT molecular complexity index is 456. The van der Waals surface area contributed by atoms with Crippen LogP contribution in [0.25, 0.3) is 0 Å². The van der Waals surface area contributed by atoms with Gasteiger partial charge in [-0.05, 0) is 5.56 Å². The second-order valence-electron chi connectivity index (χ2n) is 5.54. The van der Waals surface area contributed by atoms with Crippen LogP contribution in [0.4, 0.5) is 4.79 Å². The van der Waals surface area contributed by atoms with Crippen LogP contribution in [0.3, 0.4) is 0 Å².